The van der Waals surface area contributed by atoms with Crippen LogP contribution >= 0.6 is 11.6 Å². The molecule has 0 bridgehead atoms. The van der Waals surface area contributed by atoms with Gasteiger partial charge in [0.2, 0.25) is 0 Å². The highest BCUT2D eigenvalue weighted by Gasteiger charge is 1.88. The Morgan fingerprint density at radius 1 is 1.40 bits per heavy atom. The van der Waals surface area contributed by atoms with E-state index in [4.69, 9.17) is 11.6 Å². The van der Waals surface area contributed by atoms with E-state index in [0.29, 0.717) is 0 Å². The second kappa shape index (κ2) is 4.34. The lowest BCUT2D eigenvalue weighted by molar-refractivity contribution is 0.633. The lowest BCUT2D eigenvalue weighted by Gasteiger charge is -1.97. The molecule has 0 atom stereocenters. The summed E-state index contributed by atoms with van der Waals surface area (Å²) in [7, 11) is 0. The highest BCUT2D eigenvalue weighted by molar-refractivity contribution is 6.17. The van der Waals surface area contributed by atoms with Gasteiger partial charge in [0, 0.05) is 24.8 Å². The van der Waals surface area contributed by atoms with E-state index in [-0.39, 0.29) is 0 Å². The molecule has 2 nitrogen and oxygen atoms in total. The third kappa shape index (κ3) is 2.40. The molecule has 56 valence electrons. The molecule has 0 saturated carbocycles. The van der Waals surface area contributed by atoms with Gasteiger partial charge in [-0.3, -0.25) is 0 Å². The van der Waals surface area contributed by atoms with Crippen LogP contribution in [0.4, 0.5) is 0 Å². The maximum atomic E-state index is 5.52. The topological polar surface area (TPSA) is 17.8 Å². The fourth-order valence-corrected chi connectivity index (χ4v) is 0.997. The Balaban J connectivity index is 2.15. The van der Waals surface area contributed by atoms with Crippen molar-refractivity contribution in [1.29, 1.82) is 0 Å². The van der Waals surface area contributed by atoms with Crippen molar-refractivity contribution in [1.82, 2.24) is 9.55 Å². The first-order valence-electron chi connectivity index (χ1n) is 3.45. The van der Waals surface area contributed by atoms with E-state index >= 15 is 0 Å². The fourth-order valence-electron chi connectivity index (χ4n) is 0.808. The normalized spacial score (nSPS) is 10.1. The van der Waals surface area contributed by atoms with Gasteiger partial charge in [0.05, 0.1) is 6.33 Å². The number of alkyl halides is 1. The molecule has 0 unspecified atom stereocenters. The standard InChI is InChI=1S/C7H11ClN2/c8-3-1-2-5-10-6-4-9-7-10/h4,6-7H,1-3,5H2. The molecular formula is C7H11ClN2. The van der Waals surface area contributed by atoms with Crippen LogP contribution in [0.3, 0.4) is 0 Å². The Kier molecular flexibility index (Phi) is 3.30. The molecule has 0 N–H and O–H groups in total. The molecule has 1 rings (SSSR count). The Hall–Kier alpha value is -0.500. The van der Waals surface area contributed by atoms with E-state index in [1.54, 1.807) is 6.20 Å². The summed E-state index contributed by atoms with van der Waals surface area (Å²) in [6.45, 7) is 1.03. The summed E-state index contributed by atoms with van der Waals surface area (Å²) in [5.41, 5.74) is 0. The van der Waals surface area contributed by atoms with Crippen molar-refractivity contribution in [2.45, 2.75) is 19.4 Å². The SMILES string of the molecule is ClCCCCn1ccnc1. The number of hydrogen-bond acceptors (Lipinski definition) is 1. The van der Waals surface area contributed by atoms with Gasteiger partial charge in [-0.2, -0.15) is 0 Å². The number of imidazole rings is 1. The summed E-state index contributed by atoms with van der Waals surface area (Å²) >= 11 is 5.52. The molecule has 0 aliphatic carbocycles. The van der Waals surface area contributed by atoms with Gasteiger partial charge in [-0.1, -0.05) is 0 Å². The van der Waals surface area contributed by atoms with Gasteiger partial charge in [0.1, 0.15) is 0 Å². The van der Waals surface area contributed by atoms with Crippen LogP contribution in [0.2, 0.25) is 0 Å². The number of unbranched alkanes of at least 4 members (excludes halogenated alkanes) is 1. The van der Waals surface area contributed by atoms with Gasteiger partial charge in [0.15, 0.2) is 0 Å². The molecule has 0 fully saturated rings. The zero-order valence-electron chi connectivity index (χ0n) is 5.83. The zero-order chi connectivity index (χ0) is 7.23. The van der Waals surface area contributed by atoms with Gasteiger partial charge in [0.25, 0.3) is 0 Å². The van der Waals surface area contributed by atoms with E-state index in [1.165, 1.54) is 0 Å². The second-order valence-electron chi connectivity index (χ2n) is 2.20. The highest BCUT2D eigenvalue weighted by Crippen LogP contribution is 1.95. The van der Waals surface area contributed by atoms with Crippen molar-refractivity contribution >= 4 is 11.6 Å². The number of aromatic nitrogens is 2. The average Bonchev–Trinajstić information content (AvgIpc) is 2.41. The molecule has 1 aromatic heterocycles. The van der Waals surface area contributed by atoms with Crippen LogP contribution in [0.5, 0.6) is 0 Å². The zero-order valence-corrected chi connectivity index (χ0v) is 6.59. The largest absolute Gasteiger partial charge is 0.337 e. The number of halogens is 1. The first kappa shape index (κ1) is 7.61. The summed E-state index contributed by atoms with van der Waals surface area (Å²) < 4.78 is 2.06. The average molecular weight is 159 g/mol. The van der Waals surface area contributed by atoms with Gasteiger partial charge in [-0.15, -0.1) is 11.6 Å². The second-order valence-corrected chi connectivity index (χ2v) is 2.57. The number of hydrogen-bond donors (Lipinski definition) is 0. The monoisotopic (exact) mass is 158 g/mol. The lowest BCUT2D eigenvalue weighted by Crippen LogP contribution is -1.93. The lowest BCUT2D eigenvalue weighted by atomic mass is 10.3. The van der Waals surface area contributed by atoms with E-state index in [2.05, 4.69) is 9.55 Å². The summed E-state index contributed by atoms with van der Waals surface area (Å²) in [4.78, 5) is 3.93. The third-order valence-electron chi connectivity index (χ3n) is 1.36. The van der Waals surface area contributed by atoms with Crippen molar-refractivity contribution < 1.29 is 0 Å². The molecular weight excluding hydrogens is 148 g/mol. The Morgan fingerprint density at radius 2 is 2.30 bits per heavy atom. The van der Waals surface area contributed by atoms with Gasteiger partial charge < -0.3 is 4.57 Å². The summed E-state index contributed by atoms with van der Waals surface area (Å²) in [5.74, 6) is 0.759. The van der Waals surface area contributed by atoms with Crippen molar-refractivity contribution in [2.75, 3.05) is 5.88 Å². The molecule has 10 heavy (non-hydrogen) atoms. The molecule has 1 aromatic rings. The molecule has 0 aliphatic heterocycles. The molecule has 1 heterocycles. The number of rotatable bonds is 4. The summed E-state index contributed by atoms with van der Waals surface area (Å²) in [5, 5.41) is 0. The van der Waals surface area contributed by atoms with Crippen LogP contribution in [-0.4, -0.2) is 15.4 Å². The van der Waals surface area contributed by atoms with Crippen LogP contribution < -0.4 is 0 Å². The molecule has 0 saturated heterocycles. The minimum atomic E-state index is 0.759. The summed E-state index contributed by atoms with van der Waals surface area (Å²) in [6.07, 6.45) is 7.81. The Bertz CT molecular complexity index is 160. The highest BCUT2D eigenvalue weighted by atomic mass is 35.5. The molecule has 0 radical (unpaired) electrons. The van der Waals surface area contributed by atoms with Gasteiger partial charge >= 0.3 is 0 Å². The first-order valence-corrected chi connectivity index (χ1v) is 3.98. The van der Waals surface area contributed by atoms with Crippen LogP contribution in [0, 0.1) is 0 Å². The van der Waals surface area contributed by atoms with Crippen molar-refractivity contribution in [3.63, 3.8) is 0 Å². The molecule has 0 amide bonds. The number of nitrogens with zero attached hydrogens (tertiary/aromatic N) is 2. The van der Waals surface area contributed by atoms with Crippen molar-refractivity contribution in [3.8, 4) is 0 Å². The van der Waals surface area contributed by atoms with E-state index in [9.17, 15) is 0 Å². The van der Waals surface area contributed by atoms with E-state index in [0.717, 1.165) is 25.3 Å². The first-order chi connectivity index (χ1) is 4.93. The van der Waals surface area contributed by atoms with Crippen LogP contribution in [-0.2, 0) is 6.54 Å². The number of aryl methyl sites for hydroxylation is 1. The molecule has 0 aromatic carbocycles. The predicted octanol–water partition coefficient (Wildman–Crippen LogP) is 1.90. The van der Waals surface area contributed by atoms with Crippen LogP contribution in [0.15, 0.2) is 18.7 Å². The Morgan fingerprint density at radius 3 is 2.90 bits per heavy atom. The third-order valence-corrected chi connectivity index (χ3v) is 1.63. The maximum Gasteiger partial charge on any atom is 0.0945 e. The van der Waals surface area contributed by atoms with Crippen molar-refractivity contribution in [3.05, 3.63) is 18.7 Å². The Labute approximate surface area is 65.8 Å². The van der Waals surface area contributed by atoms with Crippen molar-refractivity contribution in [2.24, 2.45) is 0 Å². The predicted molar refractivity (Wildman–Crippen MR) is 42.2 cm³/mol. The van der Waals surface area contributed by atoms with Gasteiger partial charge in [-0.25, -0.2) is 4.98 Å². The quantitative estimate of drug-likeness (QED) is 0.484. The minimum Gasteiger partial charge on any atom is -0.337 e. The van der Waals surface area contributed by atoms with Crippen LogP contribution in [0.1, 0.15) is 12.8 Å². The summed E-state index contributed by atoms with van der Waals surface area (Å²) in [6, 6.07) is 0. The smallest absolute Gasteiger partial charge is 0.0945 e. The minimum absolute atomic E-state index is 0.759. The van der Waals surface area contributed by atoms with Gasteiger partial charge in [-0.05, 0) is 12.8 Å². The van der Waals surface area contributed by atoms with E-state index in [1.807, 2.05) is 12.5 Å². The molecule has 0 aliphatic rings. The molecule has 0 spiro atoms. The fraction of sp³-hybridized carbons (Fsp3) is 0.571. The maximum absolute atomic E-state index is 5.52. The van der Waals surface area contributed by atoms with E-state index < -0.39 is 0 Å². The molecule has 3 heteroatoms. The van der Waals surface area contributed by atoms with Crippen LogP contribution in [0.25, 0.3) is 0 Å².